The molecule has 0 radical (unpaired) electrons. The third-order valence-corrected chi connectivity index (χ3v) is 4.20. The van der Waals surface area contributed by atoms with E-state index in [0.717, 1.165) is 22.9 Å². The quantitative estimate of drug-likeness (QED) is 0.832. The molecule has 0 saturated heterocycles. The highest BCUT2D eigenvalue weighted by atomic mass is 79.9. The van der Waals surface area contributed by atoms with Gasteiger partial charge in [0.1, 0.15) is 11.3 Å². The molecule has 0 aliphatic heterocycles. The van der Waals surface area contributed by atoms with Gasteiger partial charge in [-0.3, -0.25) is 14.6 Å². The maximum atomic E-state index is 12.3. The standard InChI is InChI=1S/C16H21BrN2O3/c1-4-5-8-19-16(21)14(15(20)18-19)13-10(2)9-11(17)6-7-12(13)22-3/h7,9,21H,4-6,8H2,1-3H3,(H,18,20). The van der Waals surface area contributed by atoms with Crippen LogP contribution in [-0.4, -0.2) is 22.0 Å². The van der Waals surface area contributed by atoms with E-state index < -0.39 is 0 Å². The molecule has 0 amide bonds. The predicted octanol–water partition coefficient (Wildman–Crippen LogP) is 3.67. The summed E-state index contributed by atoms with van der Waals surface area (Å²) >= 11 is 3.48. The van der Waals surface area contributed by atoms with Gasteiger partial charge in [0.15, 0.2) is 0 Å². The highest BCUT2D eigenvalue weighted by Crippen LogP contribution is 2.35. The van der Waals surface area contributed by atoms with Gasteiger partial charge in [-0.2, -0.15) is 0 Å². The topological polar surface area (TPSA) is 67.2 Å². The number of allylic oxidation sites excluding steroid dienone is 5. The molecule has 22 heavy (non-hydrogen) atoms. The molecule has 2 N–H and O–H groups in total. The van der Waals surface area contributed by atoms with Crippen molar-refractivity contribution in [3.63, 3.8) is 0 Å². The van der Waals surface area contributed by atoms with Gasteiger partial charge in [0.05, 0.1) is 7.11 Å². The first kappa shape index (κ1) is 16.7. The minimum atomic E-state index is -0.308. The Labute approximate surface area is 138 Å². The molecular formula is C16H21BrN2O3. The summed E-state index contributed by atoms with van der Waals surface area (Å²) in [6.07, 6.45) is 6.39. The maximum absolute atomic E-state index is 12.3. The Balaban J connectivity index is 2.60. The number of aromatic nitrogens is 2. The van der Waals surface area contributed by atoms with Gasteiger partial charge in [0.25, 0.3) is 5.56 Å². The first-order chi connectivity index (χ1) is 10.5. The van der Waals surface area contributed by atoms with Gasteiger partial charge in [0.2, 0.25) is 5.88 Å². The molecule has 1 aromatic rings. The Bertz CT molecular complexity index is 707. The minimum absolute atomic E-state index is 0.0397. The fourth-order valence-corrected chi connectivity index (χ4v) is 3.03. The lowest BCUT2D eigenvalue weighted by Crippen LogP contribution is -2.09. The first-order valence-corrected chi connectivity index (χ1v) is 8.12. The van der Waals surface area contributed by atoms with Crippen molar-refractivity contribution in [1.29, 1.82) is 0 Å². The van der Waals surface area contributed by atoms with E-state index in [-0.39, 0.29) is 17.0 Å². The van der Waals surface area contributed by atoms with Crippen molar-refractivity contribution in [1.82, 2.24) is 9.78 Å². The van der Waals surface area contributed by atoms with Gasteiger partial charge >= 0.3 is 0 Å². The number of aryl methyl sites for hydroxylation is 1. The van der Waals surface area contributed by atoms with Crippen molar-refractivity contribution in [2.75, 3.05) is 7.11 Å². The summed E-state index contributed by atoms with van der Waals surface area (Å²) in [5.74, 6) is 0.555. The van der Waals surface area contributed by atoms with Crippen LogP contribution in [0.4, 0.5) is 0 Å². The minimum Gasteiger partial charge on any atom is -0.496 e. The SMILES string of the molecule is CCCCn1[nH]c(=O)c(C2=C(C)C=C(Br)CC=C2OC)c1O. The van der Waals surface area contributed by atoms with E-state index in [1.54, 1.807) is 7.11 Å². The van der Waals surface area contributed by atoms with Crippen LogP contribution in [0.5, 0.6) is 5.88 Å². The van der Waals surface area contributed by atoms with E-state index in [4.69, 9.17) is 4.74 Å². The van der Waals surface area contributed by atoms with Gasteiger partial charge in [-0.1, -0.05) is 29.3 Å². The number of hydrogen-bond donors (Lipinski definition) is 2. The molecule has 0 fully saturated rings. The van der Waals surface area contributed by atoms with Gasteiger partial charge < -0.3 is 9.84 Å². The van der Waals surface area contributed by atoms with Gasteiger partial charge in [-0.05, 0) is 35.6 Å². The van der Waals surface area contributed by atoms with E-state index in [0.29, 0.717) is 24.3 Å². The van der Waals surface area contributed by atoms with Crippen molar-refractivity contribution in [2.45, 2.75) is 39.7 Å². The van der Waals surface area contributed by atoms with E-state index >= 15 is 0 Å². The Morgan fingerprint density at radius 3 is 2.86 bits per heavy atom. The second-order valence-electron chi connectivity index (χ2n) is 5.27. The molecule has 1 aromatic heterocycles. The number of rotatable bonds is 5. The van der Waals surface area contributed by atoms with Crippen molar-refractivity contribution >= 4 is 21.5 Å². The summed E-state index contributed by atoms with van der Waals surface area (Å²) in [4.78, 5) is 12.3. The van der Waals surface area contributed by atoms with Crippen LogP contribution in [0.1, 0.15) is 38.7 Å². The fourth-order valence-electron chi connectivity index (χ4n) is 2.53. The largest absolute Gasteiger partial charge is 0.496 e. The van der Waals surface area contributed by atoms with E-state index in [1.165, 1.54) is 4.68 Å². The Kier molecular flexibility index (Phi) is 5.34. The lowest BCUT2D eigenvalue weighted by atomic mass is 10.0. The van der Waals surface area contributed by atoms with Crippen LogP contribution < -0.4 is 5.56 Å². The molecular weight excluding hydrogens is 348 g/mol. The molecule has 0 spiro atoms. The monoisotopic (exact) mass is 368 g/mol. The zero-order chi connectivity index (χ0) is 16.3. The molecule has 1 heterocycles. The number of halogens is 1. The van der Waals surface area contributed by atoms with Crippen molar-refractivity contribution in [3.05, 3.63) is 43.9 Å². The summed E-state index contributed by atoms with van der Waals surface area (Å²) in [5.41, 5.74) is 1.45. The number of H-pyrrole nitrogens is 1. The number of aromatic hydroxyl groups is 1. The third-order valence-electron chi connectivity index (χ3n) is 3.64. The number of nitrogens with zero attached hydrogens (tertiary/aromatic N) is 1. The van der Waals surface area contributed by atoms with E-state index in [9.17, 15) is 9.90 Å². The lowest BCUT2D eigenvalue weighted by molar-refractivity contribution is 0.309. The molecule has 5 nitrogen and oxygen atoms in total. The second-order valence-corrected chi connectivity index (χ2v) is 6.29. The van der Waals surface area contributed by atoms with Crippen LogP contribution in [0, 0.1) is 0 Å². The number of unbranched alkanes of at least 4 members (excludes halogenated alkanes) is 1. The molecule has 6 heteroatoms. The summed E-state index contributed by atoms with van der Waals surface area (Å²) in [6.45, 7) is 4.54. The zero-order valence-electron chi connectivity index (χ0n) is 13.1. The Morgan fingerprint density at radius 1 is 1.50 bits per heavy atom. The molecule has 2 rings (SSSR count). The maximum Gasteiger partial charge on any atom is 0.276 e. The molecule has 0 unspecified atom stereocenters. The number of ether oxygens (including phenoxy) is 1. The van der Waals surface area contributed by atoms with Crippen LogP contribution in [0.3, 0.4) is 0 Å². The molecule has 0 bridgehead atoms. The third kappa shape index (κ3) is 3.21. The molecule has 0 saturated carbocycles. The number of hydrogen-bond acceptors (Lipinski definition) is 3. The van der Waals surface area contributed by atoms with E-state index in [2.05, 4.69) is 28.0 Å². The van der Waals surface area contributed by atoms with Crippen molar-refractivity contribution in [2.24, 2.45) is 0 Å². The highest BCUT2D eigenvalue weighted by molar-refractivity contribution is 9.11. The molecule has 1 aliphatic rings. The molecule has 0 atom stereocenters. The normalized spacial score (nSPS) is 15.5. The van der Waals surface area contributed by atoms with Crippen LogP contribution in [0.15, 0.2) is 32.8 Å². The average molecular weight is 369 g/mol. The van der Waals surface area contributed by atoms with Crippen LogP contribution >= 0.6 is 15.9 Å². The zero-order valence-corrected chi connectivity index (χ0v) is 14.7. The number of aromatic amines is 1. The van der Waals surface area contributed by atoms with Crippen LogP contribution in [-0.2, 0) is 11.3 Å². The van der Waals surface area contributed by atoms with Gasteiger partial charge in [-0.25, -0.2) is 0 Å². The second kappa shape index (κ2) is 7.05. The van der Waals surface area contributed by atoms with Crippen molar-refractivity contribution < 1.29 is 9.84 Å². The lowest BCUT2D eigenvalue weighted by Gasteiger charge is -2.11. The van der Waals surface area contributed by atoms with Gasteiger partial charge in [-0.15, -0.1) is 0 Å². The summed E-state index contributed by atoms with van der Waals surface area (Å²) < 4.78 is 7.93. The number of nitrogens with one attached hydrogen (secondary N) is 1. The first-order valence-electron chi connectivity index (χ1n) is 7.33. The Hall–Kier alpha value is -1.69. The summed E-state index contributed by atoms with van der Waals surface area (Å²) in [5, 5.41) is 13.2. The molecule has 0 aromatic carbocycles. The Morgan fingerprint density at radius 2 is 2.23 bits per heavy atom. The molecule has 120 valence electrons. The van der Waals surface area contributed by atoms with Crippen LogP contribution in [0.2, 0.25) is 0 Å². The molecule has 1 aliphatic carbocycles. The highest BCUT2D eigenvalue weighted by Gasteiger charge is 2.24. The summed E-state index contributed by atoms with van der Waals surface area (Å²) in [6, 6.07) is 0. The number of methoxy groups -OCH3 is 1. The predicted molar refractivity (Wildman–Crippen MR) is 90.9 cm³/mol. The van der Waals surface area contributed by atoms with E-state index in [1.807, 2.05) is 19.1 Å². The fraction of sp³-hybridized carbons (Fsp3) is 0.438. The van der Waals surface area contributed by atoms with Crippen molar-refractivity contribution in [3.8, 4) is 5.88 Å². The van der Waals surface area contributed by atoms with Gasteiger partial charge in [0, 0.05) is 18.5 Å². The smallest absolute Gasteiger partial charge is 0.276 e. The van der Waals surface area contributed by atoms with Crippen LogP contribution in [0.25, 0.3) is 5.57 Å². The summed E-state index contributed by atoms with van der Waals surface area (Å²) in [7, 11) is 1.57. The average Bonchev–Trinajstić information content (AvgIpc) is 2.66.